The van der Waals surface area contributed by atoms with Crippen LogP contribution < -0.4 is 4.74 Å². The van der Waals surface area contributed by atoms with Crippen molar-refractivity contribution in [1.29, 1.82) is 0 Å². The van der Waals surface area contributed by atoms with E-state index in [2.05, 4.69) is 10.3 Å². The van der Waals surface area contributed by atoms with Crippen LogP contribution in [-0.4, -0.2) is 33.2 Å². The van der Waals surface area contributed by atoms with Crippen molar-refractivity contribution in [3.63, 3.8) is 0 Å². The number of aliphatic carboxylic acids is 1. The Morgan fingerprint density at radius 1 is 1.43 bits per heavy atom. The first kappa shape index (κ1) is 15.3. The fourth-order valence-electron chi connectivity index (χ4n) is 1.91. The van der Waals surface area contributed by atoms with E-state index in [1.165, 1.54) is 0 Å². The van der Waals surface area contributed by atoms with Crippen molar-refractivity contribution >= 4 is 17.6 Å². The number of benzene rings is 1. The lowest BCUT2D eigenvalue weighted by atomic mass is 10.1. The zero-order valence-corrected chi connectivity index (χ0v) is 12.4. The van der Waals surface area contributed by atoms with Gasteiger partial charge in [0.25, 0.3) is 0 Å². The van der Waals surface area contributed by atoms with Gasteiger partial charge in [-0.25, -0.2) is 4.68 Å². The van der Waals surface area contributed by atoms with Crippen LogP contribution in [0.2, 0.25) is 5.02 Å². The number of nitrogens with zero attached hydrogens (tertiary/aromatic N) is 3. The lowest BCUT2D eigenvalue weighted by Crippen LogP contribution is -1.96. The van der Waals surface area contributed by atoms with E-state index in [1.54, 1.807) is 23.9 Å². The molecular weight excluding hydrogens is 294 g/mol. The molecule has 6 nitrogen and oxygen atoms in total. The van der Waals surface area contributed by atoms with Crippen LogP contribution in [0.4, 0.5) is 0 Å². The van der Waals surface area contributed by atoms with E-state index < -0.39 is 5.97 Å². The van der Waals surface area contributed by atoms with E-state index in [0.29, 0.717) is 23.6 Å². The molecule has 0 amide bonds. The van der Waals surface area contributed by atoms with Gasteiger partial charge in [0.05, 0.1) is 29.7 Å². The molecule has 0 fully saturated rings. The minimum Gasteiger partial charge on any atom is -0.495 e. The number of aryl methyl sites for hydroxylation is 1. The molecule has 7 heteroatoms. The fourth-order valence-corrected chi connectivity index (χ4v) is 2.11. The number of ether oxygens (including phenoxy) is 1. The third-order valence-corrected chi connectivity index (χ3v) is 3.33. The number of carboxylic acids is 1. The highest BCUT2D eigenvalue weighted by atomic mass is 35.5. The summed E-state index contributed by atoms with van der Waals surface area (Å²) in [5.74, 6) is -0.195. The molecule has 0 saturated heterocycles. The molecule has 2 aromatic rings. The van der Waals surface area contributed by atoms with Crippen molar-refractivity contribution in [2.24, 2.45) is 0 Å². The minimum atomic E-state index is -0.771. The maximum Gasteiger partial charge on any atom is 0.303 e. The molecule has 0 atom stereocenters. The molecular formula is C14H16ClN3O3. The predicted molar refractivity (Wildman–Crippen MR) is 78.1 cm³/mol. The van der Waals surface area contributed by atoms with Gasteiger partial charge in [-0.2, -0.15) is 0 Å². The summed E-state index contributed by atoms with van der Waals surface area (Å²) in [6, 6.07) is 5.35. The first-order chi connectivity index (χ1) is 10.1. The molecule has 2 rings (SSSR count). The fraction of sp³-hybridized carbons (Fsp3) is 0.357. The van der Waals surface area contributed by atoms with E-state index in [-0.39, 0.29) is 6.42 Å². The summed E-state index contributed by atoms with van der Waals surface area (Å²) in [7, 11) is 1.56. The van der Waals surface area contributed by atoms with Gasteiger partial charge in [-0.15, -0.1) is 5.10 Å². The standard InChI is InChI=1S/C14H16ClN3O3/c1-21-13-8-11(6-7-12(13)15)18-9-10(16-17-18)4-2-3-5-14(19)20/h6-9H,2-5H2,1H3,(H,19,20). The number of halogens is 1. The van der Waals surface area contributed by atoms with Crippen LogP contribution in [0, 0.1) is 0 Å². The number of hydrogen-bond donors (Lipinski definition) is 1. The Labute approximate surface area is 127 Å². The van der Waals surface area contributed by atoms with Gasteiger partial charge in [0.1, 0.15) is 5.75 Å². The highest BCUT2D eigenvalue weighted by Crippen LogP contribution is 2.26. The average molecular weight is 310 g/mol. The second-order valence-corrected chi connectivity index (χ2v) is 4.98. The smallest absolute Gasteiger partial charge is 0.303 e. The van der Waals surface area contributed by atoms with E-state index in [0.717, 1.165) is 17.8 Å². The van der Waals surface area contributed by atoms with Crippen molar-refractivity contribution in [3.8, 4) is 11.4 Å². The molecule has 0 aliphatic carbocycles. The van der Waals surface area contributed by atoms with Crippen LogP contribution >= 0.6 is 11.6 Å². The minimum absolute atomic E-state index is 0.183. The maximum absolute atomic E-state index is 10.4. The molecule has 1 N–H and O–H groups in total. The highest BCUT2D eigenvalue weighted by molar-refractivity contribution is 6.32. The summed E-state index contributed by atoms with van der Waals surface area (Å²) in [6.45, 7) is 0. The molecule has 0 radical (unpaired) electrons. The van der Waals surface area contributed by atoms with Crippen LogP contribution in [0.3, 0.4) is 0 Å². The van der Waals surface area contributed by atoms with Gasteiger partial charge in [0.2, 0.25) is 0 Å². The first-order valence-corrected chi connectivity index (χ1v) is 6.95. The Morgan fingerprint density at radius 2 is 2.24 bits per heavy atom. The molecule has 0 bridgehead atoms. The zero-order valence-electron chi connectivity index (χ0n) is 11.6. The molecule has 0 spiro atoms. The molecule has 21 heavy (non-hydrogen) atoms. The molecule has 0 aliphatic heterocycles. The van der Waals surface area contributed by atoms with Gasteiger partial charge in [0, 0.05) is 12.5 Å². The Bertz CT molecular complexity index is 628. The summed E-state index contributed by atoms with van der Waals surface area (Å²) in [5, 5.41) is 17.3. The third kappa shape index (κ3) is 4.19. The van der Waals surface area contributed by atoms with Crippen molar-refractivity contribution in [2.75, 3.05) is 7.11 Å². The number of carbonyl (C=O) groups is 1. The monoisotopic (exact) mass is 309 g/mol. The van der Waals surface area contributed by atoms with Gasteiger partial charge in [0.15, 0.2) is 0 Å². The second-order valence-electron chi connectivity index (χ2n) is 4.57. The van der Waals surface area contributed by atoms with Crippen LogP contribution in [0.15, 0.2) is 24.4 Å². The van der Waals surface area contributed by atoms with Gasteiger partial charge in [-0.05, 0) is 31.4 Å². The summed E-state index contributed by atoms with van der Waals surface area (Å²) in [5.41, 5.74) is 1.63. The molecule has 0 unspecified atom stereocenters. The van der Waals surface area contributed by atoms with Crippen molar-refractivity contribution in [2.45, 2.75) is 25.7 Å². The highest BCUT2D eigenvalue weighted by Gasteiger charge is 2.07. The summed E-state index contributed by atoms with van der Waals surface area (Å²) in [6.07, 6.45) is 4.12. The van der Waals surface area contributed by atoms with Crippen molar-refractivity contribution < 1.29 is 14.6 Å². The van der Waals surface area contributed by atoms with E-state index in [9.17, 15) is 4.79 Å². The number of unbranched alkanes of at least 4 members (excludes halogenated alkanes) is 1. The van der Waals surface area contributed by atoms with Gasteiger partial charge >= 0.3 is 5.97 Å². The number of carboxylic acid groups (broad SMARTS) is 1. The summed E-state index contributed by atoms with van der Waals surface area (Å²) in [4.78, 5) is 10.4. The van der Waals surface area contributed by atoms with Gasteiger partial charge in [-0.1, -0.05) is 16.8 Å². The average Bonchev–Trinajstić information content (AvgIpc) is 2.93. The maximum atomic E-state index is 10.4. The number of methoxy groups -OCH3 is 1. The van der Waals surface area contributed by atoms with Crippen molar-refractivity contribution in [1.82, 2.24) is 15.0 Å². The molecule has 0 aliphatic rings. The van der Waals surface area contributed by atoms with E-state index >= 15 is 0 Å². The molecule has 112 valence electrons. The quantitative estimate of drug-likeness (QED) is 0.796. The van der Waals surface area contributed by atoms with E-state index in [1.807, 2.05) is 12.3 Å². The second kappa shape index (κ2) is 7.08. The van der Waals surface area contributed by atoms with Crippen molar-refractivity contribution in [3.05, 3.63) is 35.1 Å². The normalized spacial score (nSPS) is 10.6. The van der Waals surface area contributed by atoms with Crippen LogP contribution in [0.5, 0.6) is 5.75 Å². The topological polar surface area (TPSA) is 77.2 Å². The first-order valence-electron chi connectivity index (χ1n) is 6.57. The number of aromatic nitrogens is 3. The number of hydrogen-bond acceptors (Lipinski definition) is 4. The Morgan fingerprint density at radius 3 is 2.95 bits per heavy atom. The summed E-state index contributed by atoms with van der Waals surface area (Å²) >= 11 is 5.98. The van der Waals surface area contributed by atoms with Crippen LogP contribution in [0.1, 0.15) is 25.0 Å². The lowest BCUT2D eigenvalue weighted by Gasteiger charge is -2.05. The molecule has 1 heterocycles. The van der Waals surface area contributed by atoms with Crippen LogP contribution in [-0.2, 0) is 11.2 Å². The van der Waals surface area contributed by atoms with Gasteiger partial charge < -0.3 is 9.84 Å². The Kier molecular flexibility index (Phi) is 5.16. The SMILES string of the molecule is COc1cc(-n2cc(CCCCC(=O)O)nn2)ccc1Cl. The molecule has 0 saturated carbocycles. The number of rotatable bonds is 7. The predicted octanol–water partition coefficient (Wildman–Crippen LogP) is 2.73. The Balaban J connectivity index is 2.01. The largest absolute Gasteiger partial charge is 0.495 e. The van der Waals surface area contributed by atoms with E-state index in [4.69, 9.17) is 21.4 Å². The molecule has 1 aromatic heterocycles. The summed E-state index contributed by atoms with van der Waals surface area (Å²) < 4.78 is 6.81. The van der Waals surface area contributed by atoms with Crippen LogP contribution in [0.25, 0.3) is 5.69 Å². The van der Waals surface area contributed by atoms with Gasteiger partial charge in [-0.3, -0.25) is 4.79 Å². The Hall–Kier alpha value is -2.08. The molecule has 1 aromatic carbocycles. The lowest BCUT2D eigenvalue weighted by molar-refractivity contribution is -0.137. The third-order valence-electron chi connectivity index (χ3n) is 3.01. The zero-order chi connectivity index (χ0) is 15.2.